The molecule has 3 N–H and O–H groups in total. The van der Waals surface area contributed by atoms with Crippen molar-refractivity contribution in [3.05, 3.63) is 48.9 Å². The third-order valence-corrected chi connectivity index (χ3v) is 6.87. The van der Waals surface area contributed by atoms with Crippen LogP contribution in [0.5, 0.6) is 5.75 Å². The van der Waals surface area contributed by atoms with E-state index in [2.05, 4.69) is 50.3 Å². The summed E-state index contributed by atoms with van der Waals surface area (Å²) < 4.78 is 8.46. The number of ether oxygens (including phenoxy) is 1. The molecule has 0 unspecified atom stereocenters. The van der Waals surface area contributed by atoms with E-state index in [1.165, 1.54) is 12.8 Å². The first-order valence-electron chi connectivity index (χ1n) is 11.6. The van der Waals surface area contributed by atoms with Crippen molar-refractivity contribution in [1.82, 2.24) is 19.5 Å². The van der Waals surface area contributed by atoms with Gasteiger partial charge in [-0.05, 0) is 74.3 Å². The van der Waals surface area contributed by atoms with Crippen LogP contribution in [0.3, 0.4) is 0 Å². The number of fused-ring (bicyclic) bond motifs is 2. The summed E-state index contributed by atoms with van der Waals surface area (Å²) in [6.07, 6.45) is 9.65. The molecule has 0 spiro atoms. The Morgan fingerprint density at radius 1 is 1.03 bits per heavy atom. The molecule has 0 saturated heterocycles. The van der Waals surface area contributed by atoms with Gasteiger partial charge in [-0.25, -0.2) is 15.0 Å². The second kappa shape index (κ2) is 7.97. The SMILES string of the molecule is Nc1ncnc2c1ccn2[C@H]1CC[C@@H](COc2ccc3ccc(NCC4CC4)nc3c2)C1. The number of aromatic nitrogens is 4. The van der Waals surface area contributed by atoms with Crippen LogP contribution in [0.25, 0.3) is 21.9 Å². The van der Waals surface area contributed by atoms with E-state index in [-0.39, 0.29) is 0 Å². The van der Waals surface area contributed by atoms with Gasteiger partial charge in [-0.1, -0.05) is 0 Å². The molecule has 7 nitrogen and oxygen atoms in total. The summed E-state index contributed by atoms with van der Waals surface area (Å²) in [5.74, 6) is 3.73. The lowest BCUT2D eigenvalue weighted by Gasteiger charge is -2.15. The molecule has 7 heteroatoms. The molecule has 3 heterocycles. The van der Waals surface area contributed by atoms with Gasteiger partial charge in [0.25, 0.3) is 0 Å². The lowest BCUT2D eigenvalue weighted by molar-refractivity contribution is 0.248. The van der Waals surface area contributed by atoms with Gasteiger partial charge in [0.15, 0.2) is 0 Å². The number of anilines is 2. The van der Waals surface area contributed by atoms with Crippen LogP contribution >= 0.6 is 0 Å². The zero-order valence-electron chi connectivity index (χ0n) is 18.1. The summed E-state index contributed by atoms with van der Waals surface area (Å²) in [7, 11) is 0. The Balaban J connectivity index is 1.10. The minimum atomic E-state index is 0.425. The predicted octanol–water partition coefficient (Wildman–Crippen LogP) is 4.80. The van der Waals surface area contributed by atoms with E-state index in [0.717, 1.165) is 71.8 Å². The van der Waals surface area contributed by atoms with Gasteiger partial charge >= 0.3 is 0 Å². The molecule has 0 amide bonds. The molecule has 6 rings (SSSR count). The van der Waals surface area contributed by atoms with Gasteiger partial charge in [0.2, 0.25) is 0 Å². The van der Waals surface area contributed by atoms with Gasteiger partial charge in [0.1, 0.15) is 29.4 Å². The Labute approximate surface area is 187 Å². The number of pyridine rings is 1. The molecule has 2 fully saturated rings. The minimum absolute atomic E-state index is 0.425. The van der Waals surface area contributed by atoms with Crippen LogP contribution in [0.1, 0.15) is 38.1 Å². The first-order chi connectivity index (χ1) is 15.7. The van der Waals surface area contributed by atoms with Crippen molar-refractivity contribution in [3.8, 4) is 5.75 Å². The molecule has 3 aromatic heterocycles. The van der Waals surface area contributed by atoms with Crippen molar-refractivity contribution >= 4 is 33.6 Å². The van der Waals surface area contributed by atoms with Crippen LogP contribution in [0.4, 0.5) is 11.6 Å². The van der Waals surface area contributed by atoms with Gasteiger partial charge < -0.3 is 20.4 Å². The fourth-order valence-corrected chi connectivity index (χ4v) is 4.81. The zero-order valence-corrected chi connectivity index (χ0v) is 18.1. The second-order valence-electron chi connectivity index (χ2n) is 9.24. The van der Waals surface area contributed by atoms with Crippen LogP contribution in [-0.4, -0.2) is 32.7 Å². The van der Waals surface area contributed by atoms with E-state index in [1.807, 2.05) is 12.1 Å². The summed E-state index contributed by atoms with van der Waals surface area (Å²) >= 11 is 0. The van der Waals surface area contributed by atoms with E-state index in [4.69, 9.17) is 15.5 Å². The first kappa shape index (κ1) is 19.3. The van der Waals surface area contributed by atoms with E-state index in [9.17, 15) is 0 Å². The predicted molar refractivity (Wildman–Crippen MR) is 127 cm³/mol. The standard InChI is InChI=1S/C25H28N6O/c26-24-21-9-10-31(25(21)29-15-28-24)19-6-3-17(11-19)14-32-20-7-4-18-5-8-23(30-22(18)12-20)27-13-16-1-2-16/h4-5,7-10,12,15-17,19H,1-3,6,11,13-14H2,(H,27,30)(H2,26,28,29)/t17-,19+/m1/s1. The van der Waals surface area contributed by atoms with Gasteiger partial charge in [-0.15, -0.1) is 0 Å². The summed E-state index contributed by atoms with van der Waals surface area (Å²) in [4.78, 5) is 13.3. The van der Waals surface area contributed by atoms with E-state index >= 15 is 0 Å². The summed E-state index contributed by atoms with van der Waals surface area (Å²) in [6, 6.07) is 12.8. The van der Waals surface area contributed by atoms with Crippen LogP contribution < -0.4 is 15.8 Å². The first-order valence-corrected chi connectivity index (χ1v) is 11.6. The molecule has 2 atom stereocenters. The number of benzene rings is 1. The monoisotopic (exact) mass is 428 g/mol. The topological polar surface area (TPSA) is 90.9 Å². The lowest BCUT2D eigenvalue weighted by Crippen LogP contribution is -2.11. The summed E-state index contributed by atoms with van der Waals surface area (Å²) in [5.41, 5.74) is 7.90. The van der Waals surface area contributed by atoms with Crippen LogP contribution in [-0.2, 0) is 0 Å². The number of hydrogen-bond acceptors (Lipinski definition) is 6. The fourth-order valence-electron chi connectivity index (χ4n) is 4.81. The number of rotatable bonds is 7. The number of nitrogens with one attached hydrogen (secondary N) is 1. The molecular weight excluding hydrogens is 400 g/mol. The fraction of sp³-hybridized carbons (Fsp3) is 0.400. The van der Waals surface area contributed by atoms with Crippen molar-refractivity contribution in [2.24, 2.45) is 11.8 Å². The van der Waals surface area contributed by atoms with Crippen molar-refractivity contribution in [1.29, 1.82) is 0 Å². The highest BCUT2D eigenvalue weighted by Gasteiger charge is 2.27. The highest BCUT2D eigenvalue weighted by atomic mass is 16.5. The largest absolute Gasteiger partial charge is 0.493 e. The minimum Gasteiger partial charge on any atom is -0.493 e. The number of nitrogens with zero attached hydrogens (tertiary/aromatic N) is 4. The molecule has 2 saturated carbocycles. The van der Waals surface area contributed by atoms with Crippen LogP contribution in [0.15, 0.2) is 48.9 Å². The lowest BCUT2D eigenvalue weighted by atomic mass is 10.1. The summed E-state index contributed by atoms with van der Waals surface area (Å²) in [6.45, 7) is 1.74. The quantitative estimate of drug-likeness (QED) is 0.439. The molecule has 0 aliphatic heterocycles. The Hall–Kier alpha value is -3.35. The molecule has 4 aromatic rings. The van der Waals surface area contributed by atoms with E-state index in [0.29, 0.717) is 17.8 Å². The normalized spacial score (nSPS) is 20.8. The van der Waals surface area contributed by atoms with Crippen LogP contribution in [0.2, 0.25) is 0 Å². The maximum absolute atomic E-state index is 6.20. The number of nitrogen functional groups attached to an aromatic ring is 1. The molecule has 1 aromatic carbocycles. The highest BCUT2D eigenvalue weighted by Crippen LogP contribution is 2.37. The zero-order chi connectivity index (χ0) is 21.5. The number of hydrogen-bond donors (Lipinski definition) is 2. The third kappa shape index (κ3) is 3.83. The van der Waals surface area contributed by atoms with Crippen molar-refractivity contribution in [2.45, 2.75) is 38.1 Å². The maximum Gasteiger partial charge on any atom is 0.145 e. The average molecular weight is 429 g/mol. The average Bonchev–Trinajstić information content (AvgIpc) is 3.34. The smallest absolute Gasteiger partial charge is 0.145 e. The van der Waals surface area contributed by atoms with Crippen LogP contribution in [0, 0.1) is 11.8 Å². The van der Waals surface area contributed by atoms with Crippen molar-refractivity contribution < 1.29 is 4.74 Å². The highest BCUT2D eigenvalue weighted by molar-refractivity contribution is 5.86. The molecule has 164 valence electrons. The Morgan fingerprint density at radius 3 is 2.81 bits per heavy atom. The molecule has 32 heavy (non-hydrogen) atoms. The third-order valence-electron chi connectivity index (χ3n) is 6.87. The van der Waals surface area contributed by atoms with Gasteiger partial charge in [-0.2, -0.15) is 0 Å². The second-order valence-corrected chi connectivity index (χ2v) is 9.24. The van der Waals surface area contributed by atoms with E-state index in [1.54, 1.807) is 6.33 Å². The molecular formula is C25H28N6O. The molecule has 0 bridgehead atoms. The van der Waals surface area contributed by atoms with Gasteiger partial charge in [-0.3, -0.25) is 0 Å². The van der Waals surface area contributed by atoms with E-state index < -0.39 is 0 Å². The van der Waals surface area contributed by atoms with Crippen molar-refractivity contribution in [2.75, 3.05) is 24.2 Å². The van der Waals surface area contributed by atoms with Crippen molar-refractivity contribution in [3.63, 3.8) is 0 Å². The molecule has 0 radical (unpaired) electrons. The Morgan fingerprint density at radius 2 is 1.91 bits per heavy atom. The summed E-state index contributed by atoms with van der Waals surface area (Å²) in [5, 5.41) is 5.53. The maximum atomic E-state index is 6.20. The number of nitrogens with two attached hydrogens (primary N) is 1. The Bertz CT molecular complexity index is 1260. The Kier molecular flexibility index (Phi) is 4.82. The van der Waals surface area contributed by atoms with Gasteiger partial charge in [0, 0.05) is 30.2 Å². The molecule has 2 aliphatic carbocycles. The molecule has 2 aliphatic rings. The van der Waals surface area contributed by atoms with Gasteiger partial charge in [0.05, 0.1) is 17.5 Å².